The summed E-state index contributed by atoms with van der Waals surface area (Å²) in [5.41, 5.74) is 1.20. The summed E-state index contributed by atoms with van der Waals surface area (Å²) in [5, 5.41) is 2.08. The molecule has 2 bridgehead atoms. The van der Waals surface area contributed by atoms with E-state index in [0.717, 1.165) is 13.2 Å². The van der Waals surface area contributed by atoms with Crippen LogP contribution in [0.2, 0.25) is 0 Å². The van der Waals surface area contributed by atoms with Crippen molar-refractivity contribution in [2.45, 2.75) is 18.1 Å². The minimum atomic E-state index is -0.219. The number of benzene rings is 1. The molecule has 4 aliphatic rings. The Morgan fingerprint density at radius 3 is 2.80 bits per heavy atom. The maximum absolute atomic E-state index is 6.55. The van der Waals surface area contributed by atoms with E-state index in [1.54, 1.807) is 0 Å². The normalized spacial score (nSPS) is 48.8. The monoisotopic (exact) mass is 269 g/mol. The van der Waals surface area contributed by atoms with Gasteiger partial charge >= 0.3 is 0 Å². The van der Waals surface area contributed by atoms with Gasteiger partial charge in [0.25, 0.3) is 0 Å². The van der Waals surface area contributed by atoms with Crippen molar-refractivity contribution in [3.8, 4) is 0 Å². The lowest BCUT2D eigenvalue weighted by atomic mass is 9.61. The summed E-state index contributed by atoms with van der Waals surface area (Å²) >= 11 is 0. The lowest BCUT2D eigenvalue weighted by Crippen LogP contribution is -2.50. The summed E-state index contributed by atoms with van der Waals surface area (Å²) in [6.45, 7) is 1.62. The highest BCUT2D eigenvalue weighted by atomic mass is 16.7. The van der Waals surface area contributed by atoms with Gasteiger partial charge in [-0.25, -0.2) is 0 Å². The van der Waals surface area contributed by atoms with Crippen LogP contribution in [0.25, 0.3) is 0 Å². The van der Waals surface area contributed by atoms with Gasteiger partial charge in [0.2, 0.25) is 0 Å². The lowest BCUT2D eigenvalue weighted by molar-refractivity contribution is -0.224. The maximum Gasteiger partial charge on any atom is 0.131 e. The molecule has 104 valence electrons. The number of ether oxygens (including phenoxy) is 1. The predicted molar refractivity (Wildman–Crippen MR) is 74.7 cm³/mol. The third kappa shape index (κ3) is 1.01. The van der Waals surface area contributed by atoms with Crippen molar-refractivity contribution in [3.05, 3.63) is 48.0 Å². The summed E-state index contributed by atoms with van der Waals surface area (Å²) in [6.07, 6.45) is 6.00. The zero-order chi connectivity index (χ0) is 13.4. The summed E-state index contributed by atoms with van der Waals surface area (Å²) in [4.78, 5) is 6.55. The fourth-order valence-electron chi connectivity index (χ4n) is 5.39. The van der Waals surface area contributed by atoms with Crippen LogP contribution in [-0.2, 0) is 15.2 Å². The van der Waals surface area contributed by atoms with Crippen molar-refractivity contribution in [1.29, 1.82) is 0 Å². The van der Waals surface area contributed by atoms with Crippen molar-refractivity contribution >= 4 is 0 Å². The van der Waals surface area contributed by atoms with Crippen LogP contribution in [0.4, 0.5) is 0 Å². The van der Waals surface area contributed by atoms with E-state index >= 15 is 0 Å². The van der Waals surface area contributed by atoms with Gasteiger partial charge in [-0.2, -0.15) is 5.06 Å². The van der Waals surface area contributed by atoms with E-state index in [1.165, 1.54) is 12.0 Å². The Bertz CT molecular complexity index is 586. The largest absolute Gasteiger partial charge is 0.379 e. The van der Waals surface area contributed by atoms with Crippen LogP contribution in [0.15, 0.2) is 42.5 Å². The van der Waals surface area contributed by atoms with Crippen LogP contribution in [0, 0.1) is 17.3 Å². The van der Waals surface area contributed by atoms with Crippen molar-refractivity contribution in [1.82, 2.24) is 5.06 Å². The fraction of sp³-hybridized carbons (Fsp3) is 0.529. The lowest BCUT2D eigenvalue weighted by Gasteiger charge is -2.43. The second-order valence-corrected chi connectivity index (χ2v) is 6.64. The molecule has 3 fully saturated rings. The van der Waals surface area contributed by atoms with Gasteiger partial charge in [-0.3, -0.25) is 4.84 Å². The molecular formula is C17H19NO2. The highest BCUT2D eigenvalue weighted by Gasteiger charge is 2.77. The van der Waals surface area contributed by atoms with E-state index in [1.807, 2.05) is 0 Å². The summed E-state index contributed by atoms with van der Waals surface area (Å²) in [5.74, 6) is 1.06. The number of fused-ring (bicyclic) bond motifs is 3. The zero-order valence-corrected chi connectivity index (χ0v) is 11.7. The SMILES string of the molecule is CN1O[C@]2(c3ccccc3)[C@H]3C=C[C@H](C3)[C@@]23COC[C@@H]13. The molecule has 1 spiro atoms. The molecule has 2 heterocycles. The highest BCUT2D eigenvalue weighted by Crippen LogP contribution is 2.71. The van der Waals surface area contributed by atoms with E-state index in [4.69, 9.17) is 9.57 Å². The Labute approximate surface area is 119 Å². The van der Waals surface area contributed by atoms with Gasteiger partial charge in [0, 0.05) is 13.0 Å². The maximum atomic E-state index is 6.55. The zero-order valence-electron chi connectivity index (χ0n) is 11.7. The Morgan fingerprint density at radius 2 is 1.95 bits per heavy atom. The van der Waals surface area contributed by atoms with E-state index in [-0.39, 0.29) is 11.0 Å². The Morgan fingerprint density at radius 1 is 1.15 bits per heavy atom. The first-order valence-corrected chi connectivity index (χ1v) is 7.52. The molecular weight excluding hydrogens is 250 g/mol. The molecule has 0 unspecified atom stereocenters. The molecule has 2 aliphatic heterocycles. The minimum Gasteiger partial charge on any atom is -0.379 e. The van der Waals surface area contributed by atoms with Gasteiger partial charge in [0.1, 0.15) is 5.60 Å². The minimum absolute atomic E-state index is 0.0997. The summed E-state index contributed by atoms with van der Waals surface area (Å²) < 4.78 is 5.93. The van der Waals surface area contributed by atoms with Crippen LogP contribution in [-0.4, -0.2) is 31.4 Å². The quantitative estimate of drug-likeness (QED) is 0.731. The number of hydroxylamine groups is 2. The molecule has 0 N–H and O–H groups in total. The van der Waals surface area contributed by atoms with Gasteiger partial charge < -0.3 is 4.74 Å². The molecule has 0 radical (unpaired) electrons. The van der Waals surface area contributed by atoms with Crippen molar-refractivity contribution in [3.63, 3.8) is 0 Å². The second-order valence-electron chi connectivity index (χ2n) is 6.64. The number of nitrogens with zero attached hydrogens (tertiary/aromatic N) is 1. The standard InChI is InChI=1S/C17H19NO2/c1-18-15-10-19-11-16(15)13-7-8-14(9-13)17(16,20-18)12-5-3-2-4-6-12/h2-8,13-15H,9-11H2,1H3/t13-,14+,15-,16-,17-/m1/s1. The number of hydrogen-bond donors (Lipinski definition) is 0. The van der Waals surface area contributed by atoms with Crippen LogP contribution in [0.5, 0.6) is 0 Å². The molecule has 0 aromatic heterocycles. The number of allylic oxidation sites excluding steroid dienone is 1. The average Bonchev–Trinajstić information content (AvgIpc) is 3.18. The first-order chi connectivity index (χ1) is 9.79. The second kappa shape index (κ2) is 3.53. The van der Waals surface area contributed by atoms with Crippen LogP contribution in [0.3, 0.4) is 0 Å². The Balaban J connectivity index is 1.79. The summed E-state index contributed by atoms with van der Waals surface area (Å²) in [7, 11) is 2.07. The predicted octanol–water partition coefficient (Wildman–Crippen LogP) is 2.35. The molecule has 20 heavy (non-hydrogen) atoms. The Kier molecular flexibility index (Phi) is 2.03. The van der Waals surface area contributed by atoms with Gasteiger partial charge in [0.15, 0.2) is 0 Å². The molecule has 1 aromatic rings. The van der Waals surface area contributed by atoms with Gasteiger partial charge in [0.05, 0.1) is 24.7 Å². The molecule has 1 aromatic carbocycles. The van der Waals surface area contributed by atoms with Gasteiger partial charge in [-0.1, -0.05) is 42.5 Å². The smallest absolute Gasteiger partial charge is 0.131 e. The molecule has 3 heteroatoms. The van der Waals surface area contributed by atoms with E-state index in [9.17, 15) is 0 Å². The van der Waals surface area contributed by atoms with Crippen LogP contribution in [0.1, 0.15) is 12.0 Å². The van der Waals surface area contributed by atoms with Gasteiger partial charge in [-0.15, -0.1) is 0 Å². The summed E-state index contributed by atoms with van der Waals surface area (Å²) in [6, 6.07) is 11.2. The van der Waals surface area contributed by atoms with Crippen LogP contribution >= 0.6 is 0 Å². The van der Waals surface area contributed by atoms with E-state index < -0.39 is 0 Å². The first-order valence-electron chi connectivity index (χ1n) is 7.52. The van der Waals surface area contributed by atoms with Crippen molar-refractivity contribution in [2.24, 2.45) is 17.3 Å². The molecule has 2 aliphatic carbocycles. The third-order valence-electron chi connectivity index (χ3n) is 6.10. The van der Waals surface area contributed by atoms with E-state index in [0.29, 0.717) is 17.9 Å². The molecule has 2 saturated heterocycles. The highest BCUT2D eigenvalue weighted by molar-refractivity contribution is 5.40. The third-order valence-corrected chi connectivity index (χ3v) is 6.10. The number of likely N-dealkylation sites (N-methyl/N-ethyl adjacent to an activating group) is 1. The molecule has 5 atom stereocenters. The van der Waals surface area contributed by atoms with Gasteiger partial charge in [-0.05, 0) is 17.9 Å². The Hall–Kier alpha value is -1.16. The van der Waals surface area contributed by atoms with Crippen molar-refractivity contribution < 1.29 is 9.57 Å². The molecule has 5 rings (SSSR count). The molecule has 1 saturated carbocycles. The van der Waals surface area contributed by atoms with Crippen LogP contribution < -0.4 is 0 Å². The molecule has 0 amide bonds. The van der Waals surface area contributed by atoms with E-state index in [2.05, 4.69) is 54.6 Å². The topological polar surface area (TPSA) is 21.7 Å². The first kappa shape index (κ1) is 11.5. The fourth-order valence-corrected chi connectivity index (χ4v) is 5.39. The van der Waals surface area contributed by atoms with Crippen molar-refractivity contribution in [2.75, 3.05) is 20.3 Å². The average molecular weight is 269 g/mol. The number of hydrogen-bond acceptors (Lipinski definition) is 3. The number of rotatable bonds is 1. The molecule has 3 nitrogen and oxygen atoms in total.